The zero-order chi connectivity index (χ0) is 19.5. The lowest BCUT2D eigenvalue weighted by Gasteiger charge is -2.38. The number of amides is 1. The van der Waals surface area contributed by atoms with Crippen LogP contribution in [0.3, 0.4) is 0 Å². The molecular formula is C20H24ClN3O3S. The van der Waals surface area contributed by atoms with Gasteiger partial charge in [0.15, 0.2) is 11.5 Å². The standard InChI is InChI=1S/C20H24ClN3O3S/c1-14(25)23-4-2-16(3-5-23)24(12-17-10-22-13-28-17)11-15-8-19-20(9-18(15)21)27-7-6-26-19/h8-10,13,16H,2-7,11-12H2,1H3. The molecule has 0 unspecified atom stereocenters. The van der Waals surface area contributed by atoms with Gasteiger partial charge in [0.2, 0.25) is 5.91 Å². The van der Waals surface area contributed by atoms with Gasteiger partial charge in [0.25, 0.3) is 0 Å². The molecule has 0 bridgehead atoms. The van der Waals surface area contributed by atoms with Gasteiger partial charge in [0.05, 0.1) is 5.51 Å². The SMILES string of the molecule is CC(=O)N1CCC(N(Cc2cncs2)Cc2cc3c(cc2Cl)OCCO3)CC1. The van der Waals surface area contributed by atoms with E-state index in [0.29, 0.717) is 30.0 Å². The molecule has 1 aromatic heterocycles. The number of aromatic nitrogens is 1. The van der Waals surface area contributed by atoms with Crippen molar-refractivity contribution in [2.45, 2.75) is 38.9 Å². The number of rotatable bonds is 5. The van der Waals surface area contributed by atoms with Crippen LogP contribution in [0.2, 0.25) is 5.02 Å². The first-order valence-electron chi connectivity index (χ1n) is 9.55. The third-order valence-electron chi connectivity index (χ3n) is 5.35. The maximum atomic E-state index is 11.7. The fourth-order valence-corrected chi connectivity index (χ4v) is 4.66. The van der Waals surface area contributed by atoms with E-state index in [1.54, 1.807) is 18.3 Å². The predicted octanol–water partition coefficient (Wildman–Crippen LogP) is 3.58. The summed E-state index contributed by atoms with van der Waals surface area (Å²) in [6.07, 6.45) is 3.84. The smallest absolute Gasteiger partial charge is 0.219 e. The summed E-state index contributed by atoms with van der Waals surface area (Å²) in [5.41, 5.74) is 2.90. The fraction of sp³-hybridized carbons (Fsp3) is 0.500. The summed E-state index contributed by atoms with van der Waals surface area (Å²) < 4.78 is 11.4. The van der Waals surface area contributed by atoms with Gasteiger partial charge in [-0.1, -0.05) is 11.6 Å². The molecule has 0 radical (unpaired) electrons. The number of piperidine rings is 1. The van der Waals surface area contributed by atoms with Gasteiger partial charge in [-0.2, -0.15) is 0 Å². The summed E-state index contributed by atoms with van der Waals surface area (Å²) in [7, 11) is 0. The molecule has 1 saturated heterocycles. The van der Waals surface area contributed by atoms with E-state index in [1.165, 1.54) is 4.88 Å². The van der Waals surface area contributed by atoms with Crippen molar-refractivity contribution in [1.82, 2.24) is 14.8 Å². The van der Waals surface area contributed by atoms with E-state index in [4.69, 9.17) is 21.1 Å². The Hall–Kier alpha value is -1.83. The molecule has 2 aliphatic rings. The lowest BCUT2D eigenvalue weighted by atomic mass is 10.0. The van der Waals surface area contributed by atoms with Crippen molar-refractivity contribution in [3.8, 4) is 11.5 Å². The Balaban J connectivity index is 1.53. The molecule has 6 nitrogen and oxygen atoms in total. The molecule has 4 rings (SSSR count). The number of fused-ring (bicyclic) bond motifs is 1. The van der Waals surface area contributed by atoms with Crippen LogP contribution in [0.1, 0.15) is 30.2 Å². The van der Waals surface area contributed by atoms with Gasteiger partial charge >= 0.3 is 0 Å². The average molecular weight is 422 g/mol. The molecule has 0 atom stereocenters. The molecule has 2 aliphatic heterocycles. The molecule has 1 fully saturated rings. The van der Waals surface area contributed by atoms with Gasteiger partial charge in [-0.15, -0.1) is 11.3 Å². The second kappa shape index (κ2) is 8.68. The Morgan fingerprint density at radius 1 is 1.25 bits per heavy atom. The highest BCUT2D eigenvalue weighted by molar-refractivity contribution is 7.09. The van der Waals surface area contributed by atoms with Crippen LogP contribution in [0.5, 0.6) is 11.5 Å². The van der Waals surface area contributed by atoms with Crippen LogP contribution in [-0.4, -0.2) is 53.0 Å². The van der Waals surface area contributed by atoms with E-state index in [9.17, 15) is 4.79 Å². The Labute approximate surface area is 174 Å². The summed E-state index contributed by atoms with van der Waals surface area (Å²) in [5, 5.41) is 0.694. The highest BCUT2D eigenvalue weighted by Crippen LogP contribution is 2.36. The summed E-state index contributed by atoms with van der Waals surface area (Å²) in [4.78, 5) is 21.5. The van der Waals surface area contributed by atoms with Crippen LogP contribution >= 0.6 is 22.9 Å². The second-order valence-corrected chi connectivity index (χ2v) is 8.58. The number of carbonyl (C=O) groups excluding carboxylic acids is 1. The van der Waals surface area contributed by atoms with E-state index in [1.807, 2.05) is 28.7 Å². The Kier molecular flexibility index (Phi) is 6.04. The molecule has 0 aliphatic carbocycles. The summed E-state index contributed by atoms with van der Waals surface area (Å²) >= 11 is 8.23. The molecule has 0 N–H and O–H groups in total. The number of hydrogen-bond donors (Lipinski definition) is 0. The van der Waals surface area contributed by atoms with Gasteiger partial charge in [0.1, 0.15) is 13.2 Å². The van der Waals surface area contributed by atoms with Crippen LogP contribution in [0.15, 0.2) is 23.8 Å². The first-order chi connectivity index (χ1) is 13.6. The van der Waals surface area contributed by atoms with Gasteiger partial charge in [0, 0.05) is 61.3 Å². The summed E-state index contributed by atoms with van der Waals surface area (Å²) in [5.74, 6) is 1.63. The quantitative estimate of drug-likeness (QED) is 0.738. The number of nitrogens with zero attached hydrogens (tertiary/aromatic N) is 3. The molecule has 3 heterocycles. The first kappa shape index (κ1) is 19.5. The topological polar surface area (TPSA) is 54.9 Å². The third-order valence-corrected chi connectivity index (χ3v) is 6.47. The second-order valence-electron chi connectivity index (χ2n) is 7.20. The largest absolute Gasteiger partial charge is 0.486 e. The van der Waals surface area contributed by atoms with Crippen LogP contribution in [0.25, 0.3) is 0 Å². The van der Waals surface area contributed by atoms with Gasteiger partial charge < -0.3 is 14.4 Å². The van der Waals surface area contributed by atoms with Crippen molar-refractivity contribution in [2.75, 3.05) is 26.3 Å². The van der Waals surface area contributed by atoms with E-state index >= 15 is 0 Å². The number of thiazole rings is 1. The number of hydrogen-bond acceptors (Lipinski definition) is 6. The molecule has 2 aromatic rings. The zero-order valence-corrected chi connectivity index (χ0v) is 17.5. The highest BCUT2D eigenvalue weighted by atomic mass is 35.5. The third kappa shape index (κ3) is 4.42. The minimum atomic E-state index is 0.155. The maximum Gasteiger partial charge on any atom is 0.219 e. The Bertz CT molecular complexity index is 822. The van der Waals surface area contributed by atoms with Gasteiger partial charge in [-0.3, -0.25) is 14.7 Å². The van der Waals surface area contributed by atoms with Crippen molar-refractivity contribution in [3.05, 3.63) is 39.3 Å². The van der Waals surface area contributed by atoms with Gasteiger partial charge in [-0.05, 0) is 24.5 Å². The number of halogens is 1. The van der Waals surface area contributed by atoms with E-state index < -0.39 is 0 Å². The normalized spacial score (nSPS) is 17.2. The monoisotopic (exact) mass is 421 g/mol. The van der Waals surface area contributed by atoms with E-state index in [2.05, 4.69) is 9.88 Å². The number of carbonyl (C=O) groups is 1. The molecule has 1 aromatic carbocycles. The van der Waals surface area contributed by atoms with Crippen molar-refractivity contribution in [2.24, 2.45) is 0 Å². The Morgan fingerprint density at radius 2 is 1.96 bits per heavy atom. The van der Waals surface area contributed by atoms with E-state index in [0.717, 1.165) is 50.3 Å². The maximum absolute atomic E-state index is 11.7. The lowest BCUT2D eigenvalue weighted by Crippen LogP contribution is -2.45. The van der Waals surface area contributed by atoms with Crippen LogP contribution in [0.4, 0.5) is 0 Å². The predicted molar refractivity (Wildman–Crippen MR) is 109 cm³/mol. The number of likely N-dealkylation sites (tertiary alicyclic amines) is 1. The minimum Gasteiger partial charge on any atom is -0.486 e. The number of benzene rings is 1. The molecule has 0 spiro atoms. The van der Waals surface area contributed by atoms with Crippen molar-refractivity contribution in [1.29, 1.82) is 0 Å². The van der Waals surface area contributed by atoms with Gasteiger partial charge in [-0.25, -0.2) is 0 Å². The molecule has 150 valence electrons. The van der Waals surface area contributed by atoms with Crippen LogP contribution < -0.4 is 9.47 Å². The first-order valence-corrected chi connectivity index (χ1v) is 10.8. The minimum absolute atomic E-state index is 0.155. The molecular weight excluding hydrogens is 398 g/mol. The zero-order valence-electron chi connectivity index (χ0n) is 15.9. The molecule has 0 saturated carbocycles. The van der Waals surface area contributed by atoms with Crippen molar-refractivity contribution < 1.29 is 14.3 Å². The summed E-state index contributed by atoms with van der Waals surface area (Å²) in [6.45, 7) is 5.89. The molecule has 8 heteroatoms. The fourth-order valence-electron chi connectivity index (χ4n) is 3.83. The molecule has 28 heavy (non-hydrogen) atoms. The average Bonchev–Trinajstić information content (AvgIpc) is 3.21. The van der Waals surface area contributed by atoms with Crippen molar-refractivity contribution in [3.63, 3.8) is 0 Å². The highest BCUT2D eigenvalue weighted by Gasteiger charge is 2.27. The summed E-state index contributed by atoms with van der Waals surface area (Å²) in [6, 6.07) is 4.25. The lowest BCUT2D eigenvalue weighted by molar-refractivity contribution is -0.130. The van der Waals surface area contributed by atoms with E-state index in [-0.39, 0.29) is 5.91 Å². The van der Waals surface area contributed by atoms with Crippen LogP contribution in [-0.2, 0) is 17.9 Å². The number of ether oxygens (including phenoxy) is 2. The van der Waals surface area contributed by atoms with Crippen LogP contribution in [0, 0.1) is 0 Å². The Morgan fingerprint density at radius 3 is 2.61 bits per heavy atom. The molecule has 1 amide bonds. The van der Waals surface area contributed by atoms with Crippen molar-refractivity contribution >= 4 is 28.8 Å².